The number of carboxylic acid groups (broad SMARTS) is 1. The van der Waals surface area contributed by atoms with E-state index in [4.69, 9.17) is 5.11 Å². The first-order chi connectivity index (χ1) is 17.6. The zero-order chi connectivity index (χ0) is 26.6. The van der Waals surface area contributed by atoms with Gasteiger partial charge in [0.1, 0.15) is 0 Å². The molecule has 1 aromatic carbocycles. The van der Waals surface area contributed by atoms with Crippen LogP contribution in [0.15, 0.2) is 66.4 Å². The molecule has 0 aliphatic carbocycles. The Labute approximate surface area is 215 Å². The largest absolute Gasteiger partial charge is 0.481 e. The molecule has 11 nitrogen and oxygen atoms in total. The number of rotatable bonds is 9. The molecule has 0 unspecified atom stereocenters. The van der Waals surface area contributed by atoms with Crippen molar-refractivity contribution in [2.45, 2.75) is 6.42 Å². The van der Waals surface area contributed by atoms with Crippen molar-refractivity contribution < 1.29 is 27.9 Å². The van der Waals surface area contributed by atoms with Crippen molar-refractivity contribution in [2.75, 3.05) is 18.1 Å². The van der Waals surface area contributed by atoms with Gasteiger partial charge in [-0.2, -0.15) is 0 Å². The molecule has 0 saturated carbocycles. The van der Waals surface area contributed by atoms with Crippen molar-refractivity contribution in [3.05, 3.63) is 77.7 Å². The second-order valence-electron chi connectivity index (χ2n) is 7.95. The van der Waals surface area contributed by atoms with Gasteiger partial charge in [-0.25, -0.2) is 13.4 Å². The molecule has 3 N–H and O–H groups in total. The van der Waals surface area contributed by atoms with E-state index in [1.165, 1.54) is 29.8 Å². The molecule has 0 spiro atoms. The predicted molar refractivity (Wildman–Crippen MR) is 138 cm³/mol. The van der Waals surface area contributed by atoms with E-state index in [0.29, 0.717) is 16.5 Å². The quantitative estimate of drug-likeness (QED) is 0.292. The summed E-state index contributed by atoms with van der Waals surface area (Å²) < 4.78 is 24.0. The average molecular weight is 540 g/mol. The van der Waals surface area contributed by atoms with E-state index in [1.54, 1.807) is 23.7 Å². The van der Waals surface area contributed by atoms with Gasteiger partial charge in [0.25, 0.3) is 5.91 Å². The van der Waals surface area contributed by atoms with Gasteiger partial charge in [-0.05, 0) is 35.4 Å². The van der Waals surface area contributed by atoms with Crippen molar-refractivity contribution in [1.29, 1.82) is 0 Å². The monoisotopic (exact) mass is 539 g/mol. The van der Waals surface area contributed by atoms with Crippen LogP contribution in [-0.2, 0) is 26.0 Å². The number of pyridine rings is 1. The number of thiazole rings is 1. The number of aliphatic carboxylic acids is 1. The average Bonchev–Trinajstić information content (AvgIpc) is 3.53. The molecule has 0 aliphatic heterocycles. The van der Waals surface area contributed by atoms with Crippen molar-refractivity contribution in [2.24, 2.45) is 0 Å². The molecule has 2 amide bonds. The maximum Gasteiger partial charge on any atom is 0.309 e. The highest BCUT2D eigenvalue weighted by Gasteiger charge is 2.14. The fourth-order valence-corrected chi connectivity index (χ4v) is 4.70. The van der Waals surface area contributed by atoms with Gasteiger partial charge in [-0.15, -0.1) is 11.3 Å². The zero-order valence-electron chi connectivity index (χ0n) is 19.4. The fraction of sp³-hybridized carbons (Fsp3) is 0.125. The Bertz CT molecular complexity index is 1590. The summed E-state index contributed by atoms with van der Waals surface area (Å²) in [5.74, 6) is -2.04. The number of carbonyl (C=O) groups is 3. The standard InChI is InChI=1S/C24H21N5O6S2/c1-37(34,35)29-8-6-18(13-29)23(33)26-12-21(30)28-24-27-20(14-36-24)17-4-2-3-15(9-17)16-5-7-25-19(10-16)11-22(31)32/h2-10,13-14H,11-12H2,1H3,(H,26,33)(H,31,32)(H,27,28,30). The van der Waals surface area contributed by atoms with Gasteiger partial charge in [-0.3, -0.25) is 23.3 Å². The highest BCUT2D eigenvalue weighted by Crippen LogP contribution is 2.29. The van der Waals surface area contributed by atoms with Crippen LogP contribution in [0.25, 0.3) is 22.4 Å². The molecule has 0 atom stereocenters. The van der Waals surface area contributed by atoms with E-state index in [-0.39, 0.29) is 18.5 Å². The summed E-state index contributed by atoms with van der Waals surface area (Å²) >= 11 is 1.22. The molecule has 0 saturated heterocycles. The summed E-state index contributed by atoms with van der Waals surface area (Å²) in [6.07, 6.45) is 4.83. The number of hydrogen-bond acceptors (Lipinski definition) is 8. The Morgan fingerprint density at radius 1 is 1.08 bits per heavy atom. The third-order valence-corrected chi connectivity index (χ3v) is 6.86. The lowest BCUT2D eigenvalue weighted by Crippen LogP contribution is -2.32. The lowest BCUT2D eigenvalue weighted by atomic mass is 10.0. The summed E-state index contributed by atoms with van der Waals surface area (Å²) in [6.45, 7) is -0.325. The minimum atomic E-state index is -3.51. The van der Waals surface area contributed by atoms with E-state index in [0.717, 1.165) is 26.9 Å². The molecular formula is C24H21N5O6S2. The molecule has 13 heteroatoms. The van der Waals surface area contributed by atoms with Crippen LogP contribution in [0, 0.1) is 0 Å². The zero-order valence-corrected chi connectivity index (χ0v) is 21.0. The Hall–Kier alpha value is -4.36. The van der Waals surface area contributed by atoms with Crippen LogP contribution in [0.4, 0.5) is 5.13 Å². The lowest BCUT2D eigenvalue weighted by Gasteiger charge is -2.06. The predicted octanol–water partition coefficient (Wildman–Crippen LogP) is 2.48. The molecule has 0 aliphatic rings. The topological polar surface area (TPSA) is 160 Å². The summed E-state index contributed by atoms with van der Waals surface area (Å²) in [4.78, 5) is 44.0. The first kappa shape index (κ1) is 25.7. The molecule has 37 heavy (non-hydrogen) atoms. The molecule has 0 radical (unpaired) electrons. The van der Waals surface area contributed by atoms with E-state index in [2.05, 4.69) is 20.6 Å². The van der Waals surface area contributed by atoms with E-state index >= 15 is 0 Å². The molecule has 3 aromatic heterocycles. The van der Waals surface area contributed by atoms with E-state index < -0.39 is 27.8 Å². The molecule has 4 rings (SSSR count). The number of hydrogen-bond donors (Lipinski definition) is 3. The number of anilines is 1. The van der Waals surface area contributed by atoms with Gasteiger partial charge in [0, 0.05) is 29.5 Å². The highest BCUT2D eigenvalue weighted by atomic mass is 32.2. The minimum Gasteiger partial charge on any atom is -0.481 e. The Balaban J connectivity index is 1.38. The molecule has 190 valence electrons. The number of nitrogens with one attached hydrogen (secondary N) is 2. The molecule has 0 fully saturated rings. The van der Waals surface area contributed by atoms with Crippen LogP contribution in [0.5, 0.6) is 0 Å². The van der Waals surface area contributed by atoms with Crippen LogP contribution in [0.3, 0.4) is 0 Å². The smallest absolute Gasteiger partial charge is 0.309 e. The number of benzene rings is 1. The van der Waals surface area contributed by atoms with E-state index in [9.17, 15) is 22.8 Å². The first-order valence-corrected chi connectivity index (χ1v) is 13.5. The lowest BCUT2D eigenvalue weighted by molar-refractivity contribution is -0.136. The maximum atomic E-state index is 12.3. The van der Waals surface area contributed by atoms with Crippen LogP contribution in [0.2, 0.25) is 0 Å². The highest BCUT2D eigenvalue weighted by molar-refractivity contribution is 7.89. The minimum absolute atomic E-state index is 0.110. The van der Waals surface area contributed by atoms with E-state index in [1.807, 2.05) is 24.3 Å². The van der Waals surface area contributed by atoms with Crippen LogP contribution in [-0.4, -0.2) is 58.0 Å². The molecular weight excluding hydrogens is 518 g/mol. The number of nitrogens with zero attached hydrogens (tertiary/aromatic N) is 3. The van der Waals surface area contributed by atoms with Crippen LogP contribution >= 0.6 is 11.3 Å². The number of aromatic nitrogens is 3. The van der Waals surface area contributed by atoms with Crippen molar-refractivity contribution in [3.8, 4) is 22.4 Å². The van der Waals surface area contributed by atoms with Gasteiger partial charge in [0.2, 0.25) is 15.9 Å². The summed E-state index contributed by atoms with van der Waals surface area (Å²) in [7, 11) is -3.51. The second-order valence-corrected chi connectivity index (χ2v) is 10.7. The third-order valence-electron chi connectivity index (χ3n) is 5.11. The number of carboxylic acids is 1. The summed E-state index contributed by atoms with van der Waals surface area (Å²) in [5, 5.41) is 16.2. The van der Waals surface area contributed by atoms with Gasteiger partial charge in [-0.1, -0.05) is 18.2 Å². The molecule has 4 aromatic rings. The van der Waals surface area contributed by atoms with Crippen LogP contribution < -0.4 is 10.6 Å². The van der Waals surface area contributed by atoms with Crippen molar-refractivity contribution in [3.63, 3.8) is 0 Å². The Morgan fingerprint density at radius 2 is 1.84 bits per heavy atom. The third kappa shape index (κ3) is 6.65. The van der Waals surface area contributed by atoms with Gasteiger partial charge in [0.15, 0.2) is 5.13 Å². The fourth-order valence-electron chi connectivity index (χ4n) is 3.37. The Kier molecular flexibility index (Phi) is 7.45. The molecule has 3 heterocycles. The molecule has 0 bridgehead atoms. The number of amides is 2. The normalized spacial score (nSPS) is 11.2. The summed E-state index contributed by atoms with van der Waals surface area (Å²) in [5.41, 5.74) is 3.67. The number of carbonyl (C=O) groups excluding carboxylic acids is 2. The van der Waals surface area contributed by atoms with Gasteiger partial charge >= 0.3 is 5.97 Å². The Morgan fingerprint density at radius 3 is 2.57 bits per heavy atom. The first-order valence-electron chi connectivity index (χ1n) is 10.8. The van der Waals surface area contributed by atoms with Crippen molar-refractivity contribution >= 4 is 44.3 Å². The summed E-state index contributed by atoms with van der Waals surface area (Å²) in [6, 6.07) is 12.4. The van der Waals surface area contributed by atoms with Crippen molar-refractivity contribution in [1.82, 2.24) is 19.3 Å². The SMILES string of the molecule is CS(=O)(=O)n1ccc(C(=O)NCC(=O)Nc2nc(-c3cccc(-c4ccnc(CC(=O)O)c4)c3)cs2)c1. The van der Waals surface area contributed by atoms with Crippen LogP contribution in [0.1, 0.15) is 16.1 Å². The maximum absolute atomic E-state index is 12.3. The van der Waals surface area contributed by atoms with Gasteiger partial charge < -0.3 is 15.7 Å². The van der Waals surface area contributed by atoms with Gasteiger partial charge in [0.05, 0.1) is 36.2 Å². The second kappa shape index (κ2) is 10.7.